The lowest BCUT2D eigenvalue weighted by atomic mass is 9.98. The molecule has 0 saturated carbocycles. The molecule has 1 heterocycles. The highest BCUT2D eigenvalue weighted by Crippen LogP contribution is 2.38. The minimum atomic E-state index is 0.304. The average Bonchev–Trinajstić information content (AvgIpc) is 2.81. The van der Waals surface area contributed by atoms with Crippen molar-refractivity contribution < 1.29 is 9.47 Å². The van der Waals surface area contributed by atoms with Crippen LogP contribution in [0.3, 0.4) is 0 Å². The molecule has 0 amide bonds. The van der Waals surface area contributed by atoms with Crippen LogP contribution in [0.1, 0.15) is 16.8 Å². The zero-order chi connectivity index (χ0) is 11.5. The van der Waals surface area contributed by atoms with Crippen LogP contribution in [0.25, 0.3) is 0 Å². The normalized spacial score (nSPS) is 22.1. The van der Waals surface area contributed by atoms with Gasteiger partial charge >= 0.3 is 0 Å². The Hall–Kier alpha value is -0.250. The summed E-state index contributed by atoms with van der Waals surface area (Å²) in [5.41, 5.74) is 1.18. The van der Waals surface area contributed by atoms with Crippen molar-refractivity contribution in [1.29, 1.82) is 0 Å². The Morgan fingerprint density at radius 2 is 2.38 bits per heavy atom. The molecule has 88 valence electrons. The molecule has 0 radical (unpaired) electrons. The molecule has 2 nitrogen and oxygen atoms in total. The molecule has 1 aliphatic heterocycles. The molecule has 1 saturated heterocycles. The van der Waals surface area contributed by atoms with Gasteiger partial charge in [-0.2, -0.15) is 0 Å². The maximum Gasteiger partial charge on any atom is 0.137 e. The van der Waals surface area contributed by atoms with Gasteiger partial charge in [0.1, 0.15) is 5.75 Å². The number of hydrogen-bond donors (Lipinski definition) is 0. The number of hydrogen-bond acceptors (Lipinski definition) is 2. The van der Waals surface area contributed by atoms with Crippen LogP contribution in [0, 0.1) is 5.92 Å². The van der Waals surface area contributed by atoms with E-state index in [-0.39, 0.29) is 0 Å². The van der Waals surface area contributed by atoms with Crippen LogP contribution in [-0.4, -0.2) is 20.3 Å². The molecule has 16 heavy (non-hydrogen) atoms. The second-order valence-electron chi connectivity index (χ2n) is 3.92. The van der Waals surface area contributed by atoms with Crippen LogP contribution in [0.15, 0.2) is 18.2 Å². The molecule has 1 aromatic carbocycles. The first-order chi connectivity index (χ1) is 7.72. The van der Waals surface area contributed by atoms with Crippen LogP contribution in [0.4, 0.5) is 0 Å². The van der Waals surface area contributed by atoms with Crippen molar-refractivity contribution in [3.63, 3.8) is 0 Å². The summed E-state index contributed by atoms with van der Waals surface area (Å²) in [4.78, 5) is 0.304. The molecule has 0 aliphatic carbocycles. The molecule has 4 heteroatoms. The van der Waals surface area contributed by atoms with E-state index >= 15 is 0 Å². The van der Waals surface area contributed by atoms with Gasteiger partial charge in [-0.15, -0.1) is 0 Å². The number of halogens is 2. The van der Waals surface area contributed by atoms with Gasteiger partial charge in [-0.05, 0) is 24.1 Å². The third kappa shape index (κ3) is 2.53. The summed E-state index contributed by atoms with van der Waals surface area (Å²) in [6.07, 6.45) is 1.10. The fourth-order valence-electron chi connectivity index (χ4n) is 1.91. The number of methoxy groups -OCH3 is 1. The summed E-state index contributed by atoms with van der Waals surface area (Å²) < 4.78 is 10.5. The largest absolute Gasteiger partial charge is 0.495 e. The first-order valence-electron chi connectivity index (χ1n) is 5.27. The molecule has 0 bridgehead atoms. The quantitative estimate of drug-likeness (QED) is 0.790. The Morgan fingerprint density at radius 1 is 1.56 bits per heavy atom. The van der Waals surface area contributed by atoms with Gasteiger partial charge in [0.25, 0.3) is 0 Å². The molecule has 0 N–H and O–H groups in total. The maximum absolute atomic E-state index is 6.10. The Bertz CT molecular complexity index is 364. The van der Waals surface area contributed by atoms with Gasteiger partial charge in [-0.25, -0.2) is 0 Å². The highest BCUT2D eigenvalue weighted by Gasteiger charge is 2.25. The Labute approximate surface area is 109 Å². The smallest absolute Gasteiger partial charge is 0.137 e. The lowest BCUT2D eigenvalue weighted by molar-refractivity contribution is 0.185. The summed E-state index contributed by atoms with van der Waals surface area (Å²) in [7, 11) is 1.62. The van der Waals surface area contributed by atoms with Gasteiger partial charge in [-0.1, -0.05) is 33.6 Å². The van der Waals surface area contributed by atoms with E-state index in [9.17, 15) is 0 Å². The van der Waals surface area contributed by atoms with E-state index in [4.69, 9.17) is 21.1 Å². The second-order valence-corrected chi connectivity index (χ2v) is 5.31. The minimum absolute atomic E-state index is 0.304. The molecule has 2 rings (SSSR count). The van der Waals surface area contributed by atoms with Crippen molar-refractivity contribution in [3.8, 4) is 5.75 Å². The van der Waals surface area contributed by atoms with Crippen molar-refractivity contribution in [2.45, 2.75) is 11.2 Å². The zero-order valence-electron chi connectivity index (χ0n) is 9.08. The third-order valence-corrected chi connectivity index (χ3v) is 4.44. The fourth-order valence-corrected chi connectivity index (χ4v) is 2.88. The highest BCUT2D eigenvalue weighted by atomic mass is 79.9. The third-order valence-electron chi connectivity index (χ3n) is 2.87. The summed E-state index contributed by atoms with van der Waals surface area (Å²) in [5, 5.41) is 0.656. The average molecular weight is 306 g/mol. The number of benzene rings is 1. The molecule has 0 aromatic heterocycles. The molecule has 2 atom stereocenters. The summed E-state index contributed by atoms with van der Waals surface area (Å²) in [6.45, 7) is 1.68. The Kier molecular flexibility index (Phi) is 4.11. The van der Waals surface area contributed by atoms with Crippen LogP contribution in [-0.2, 0) is 4.74 Å². The topological polar surface area (TPSA) is 18.5 Å². The number of ether oxygens (including phenoxy) is 2. The van der Waals surface area contributed by atoms with Crippen LogP contribution >= 0.6 is 27.5 Å². The van der Waals surface area contributed by atoms with E-state index in [2.05, 4.69) is 15.9 Å². The van der Waals surface area contributed by atoms with E-state index in [0.29, 0.717) is 21.5 Å². The summed E-state index contributed by atoms with van der Waals surface area (Å²) >= 11 is 9.82. The summed E-state index contributed by atoms with van der Waals surface area (Å²) in [5.74, 6) is 1.25. The van der Waals surface area contributed by atoms with Crippen molar-refractivity contribution in [1.82, 2.24) is 0 Å². The predicted octanol–water partition coefficient (Wildman–Crippen LogP) is 3.82. The SMILES string of the molecule is COc1ccc(C(Br)C2CCOC2)cc1Cl. The molecular weight excluding hydrogens is 291 g/mol. The van der Waals surface area contributed by atoms with Gasteiger partial charge in [0.15, 0.2) is 0 Å². The lowest BCUT2D eigenvalue weighted by Gasteiger charge is -2.17. The van der Waals surface area contributed by atoms with E-state index in [1.54, 1.807) is 7.11 Å². The van der Waals surface area contributed by atoms with Gasteiger partial charge in [0.2, 0.25) is 0 Å². The van der Waals surface area contributed by atoms with E-state index < -0.39 is 0 Å². The summed E-state index contributed by atoms with van der Waals surface area (Å²) in [6, 6.07) is 5.91. The molecular formula is C12H14BrClO2. The van der Waals surface area contributed by atoms with Crippen molar-refractivity contribution in [2.24, 2.45) is 5.92 Å². The fraction of sp³-hybridized carbons (Fsp3) is 0.500. The van der Waals surface area contributed by atoms with E-state index in [1.165, 1.54) is 5.56 Å². The Balaban J connectivity index is 2.16. The van der Waals surface area contributed by atoms with Crippen molar-refractivity contribution in [2.75, 3.05) is 20.3 Å². The monoisotopic (exact) mass is 304 g/mol. The second kappa shape index (κ2) is 5.39. The van der Waals surface area contributed by atoms with Crippen molar-refractivity contribution in [3.05, 3.63) is 28.8 Å². The number of alkyl halides is 1. The lowest BCUT2D eigenvalue weighted by Crippen LogP contribution is -2.07. The highest BCUT2D eigenvalue weighted by molar-refractivity contribution is 9.09. The van der Waals surface area contributed by atoms with Gasteiger partial charge in [0.05, 0.1) is 18.7 Å². The van der Waals surface area contributed by atoms with Gasteiger partial charge in [0, 0.05) is 17.4 Å². The molecule has 1 aliphatic rings. The van der Waals surface area contributed by atoms with Gasteiger partial charge < -0.3 is 9.47 Å². The molecule has 1 aromatic rings. The maximum atomic E-state index is 6.10. The van der Waals surface area contributed by atoms with Crippen LogP contribution in [0.2, 0.25) is 5.02 Å². The number of rotatable bonds is 3. The zero-order valence-corrected chi connectivity index (χ0v) is 11.4. The van der Waals surface area contributed by atoms with Crippen LogP contribution < -0.4 is 4.74 Å². The van der Waals surface area contributed by atoms with E-state index in [0.717, 1.165) is 19.6 Å². The van der Waals surface area contributed by atoms with Crippen molar-refractivity contribution >= 4 is 27.5 Å². The standard InChI is InChI=1S/C12H14BrClO2/c1-15-11-3-2-8(6-10(11)14)12(13)9-4-5-16-7-9/h2-3,6,9,12H,4-5,7H2,1H3. The minimum Gasteiger partial charge on any atom is -0.495 e. The first-order valence-corrected chi connectivity index (χ1v) is 6.57. The Morgan fingerprint density at radius 3 is 2.94 bits per heavy atom. The molecule has 0 spiro atoms. The molecule has 1 fully saturated rings. The first kappa shape index (κ1) is 12.2. The predicted molar refractivity (Wildman–Crippen MR) is 68.6 cm³/mol. The van der Waals surface area contributed by atoms with E-state index in [1.807, 2.05) is 18.2 Å². The molecule has 2 unspecified atom stereocenters. The van der Waals surface area contributed by atoms with Crippen LogP contribution in [0.5, 0.6) is 5.75 Å². The van der Waals surface area contributed by atoms with Gasteiger partial charge in [-0.3, -0.25) is 0 Å².